The second kappa shape index (κ2) is 40.9. The number of rotatable bonds is 43. The van der Waals surface area contributed by atoms with E-state index in [1.54, 1.807) is 0 Å². The van der Waals surface area contributed by atoms with E-state index in [9.17, 15) is 24.2 Å². The third kappa shape index (κ3) is 40.7. The Morgan fingerprint density at radius 2 is 0.891 bits per heavy atom. The zero-order valence-corrected chi connectivity index (χ0v) is 36.3. The summed E-state index contributed by atoms with van der Waals surface area (Å²) >= 11 is 0. The number of phosphoric ester groups is 1. The van der Waals surface area contributed by atoms with Crippen LogP contribution in [0.3, 0.4) is 0 Å². The van der Waals surface area contributed by atoms with Gasteiger partial charge in [0.25, 0.3) is 0 Å². The monoisotopic (exact) mass is 805 g/mol. The molecule has 0 saturated carbocycles. The molecule has 0 amide bonds. The molecule has 0 aromatic carbocycles. The van der Waals surface area contributed by atoms with E-state index in [2.05, 4.69) is 30.5 Å². The van der Waals surface area contributed by atoms with E-state index < -0.39 is 51.8 Å². The standard InChI is InChI=1S/C44H85O10P/c1-3-5-7-9-11-13-15-17-18-19-20-21-22-24-25-27-29-31-33-35-43(47)51-39-42(40-53-55(49,50)52-38-41(46)37-45)54-44(48)36-34-32-30-28-26-23-16-14-12-10-8-6-4-2/h23,26,41-42,45-46H,3-22,24-25,27-40H2,1-2H3,(H,49,50)/b26-23+/t41-,42+/m1/s1. The van der Waals surface area contributed by atoms with E-state index in [0.29, 0.717) is 12.8 Å². The first kappa shape index (κ1) is 53.7. The quantitative estimate of drug-likeness (QED) is 0.0235. The van der Waals surface area contributed by atoms with E-state index >= 15 is 0 Å². The summed E-state index contributed by atoms with van der Waals surface area (Å²) in [7, 11) is -4.61. The van der Waals surface area contributed by atoms with Gasteiger partial charge in [-0.05, 0) is 38.5 Å². The van der Waals surface area contributed by atoms with Gasteiger partial charge in [-0.15, -0.1) is 0 Å². The van der Waals surface area contributed by atoms with Gasteiger partial charge in [0.15, 0.2) is 6.10 Å². The number of carbonyl (C=O) groups is 2. The first-order chi connectivity index (χ1) is 26.7. The van der Waals surface area contributed by atoms with Crippen LogP contribution in [0.2, 0.25) is 0 Å². The normalized spacial score (nSPS) is 13.9. The molecule has 1 unspecified atom stereocenters. The van der Waals surface area contributed by atoms with Gasteiger partial charge in [-0.25, -0.2) is 4.57 Å². The van der Waals surface area contributed by atoms with Crippen molar-refractivity contribution in [1.82, 2.24) is 0 Å². The van der Waals surface area contributed by atoms with E-state index in [1.165, 1.54) is 135 Å². The van der Waals surface area contributed by atoms with Crippen LogP contribution >= 0.6 is 7.82 Å². The Morgan fingerprint density at radius 3 is 1.33 bits per heavy atom. The number of ether oxygens (including phenoxy) is 2. The predicted octanol–water partition coefficient (Wildman–Crippen LogP) is 12.0. The van der Waals surface area contributed by atoms with Crippen molar-refractivity contribution in [2.45, 2.75) is 232 Å². The van der Waals surface area contributed by atoms with Gasteiger partial charge in [0, 0.05) is 12.8 Å². The number of carbonyl (C=O) groups excluding carboxylic acids is 2. The molecule has 0 aliphatic rings. The fourth-order valence-corrected chi connectivity index (χ4v) is 7.19. The molecular formula is C44H85O10P. The average molecular weight is 805 g/mol. The van der Waals surface area contributed by atoms with Gasteiger partial charge in [-0.1, -0.05) is 180 Å². The molecule has 0 fully saturated rings. The number of hydrogen-bond acceptors (Lipinski definition) is 9. The van der Waals surface area contributed by atoms with Gasteiger partial charge in [0.05, 0.1) is 19.8 Å². The molecule has 0 aliphatic heterocycles. The Kier molecular flexibility index (Phi) is 39.9. The summed E-state index contributed by atoms with van der Waals surface area (Å²) in [5.41, 5.74) is 0. The lowest BCUT2D eigenvalue weighted by atomic mass is 10.0. The van der Waals surface area contributed by atoms with Crippen molar-refractivity contribution in [3.63, 3.8) is 0 Å². The molecule has 0 saturated heterocycles. The van der Waals surface area contributed by atoms with E-state index in [1.807, 2.05) is 0 Å². The molecule has 55 heavy (non-hydrogen) atoms. The largest absolute Gasteiger partial charge is 0.472 e. The summed E-state index contributed by atoms with van der Waals surface area (Å²) < 4.78 is 32.7. The highest BCUT2D eigenvalue weighted by molar-refractivity contribution is 7.47. The maximum atomic E-state index is 12.6. The molecular weight excluding hydrogens is 719 g/mol. The van der Waals surface area contributed by atoms with Crippen molar-refractivity contribution in [2.75, 3.05) is 26.4 Å². The van der Waals surface area contributed by atoms with Gasteiger partial charge in [-0.2, -0.15) is 0 Å². The molecule has 11 heteroatoms. The van der Waals surface area contributed by atoms with Gasteiger partial charge in [0.2, 0.25) is 0 Å². The lowest BCUT2D eigenvalue weighted by Gasteiger charge is -2.20. The highest BCUT2D eigenvalue weighted by Crippen LogP contribution is 2.43. The molecule has 0 aromatic rings. The van der Waals surface area contributed by atoms with Gasteiger partial charge < -0.3 is 24.6 Å². The Morgan fingerprint density at radius 1 is 0.527 bits per heavy atom. The smallest absolute Gasteiger partial charge is 0.462 e. The first-order valence-corrected chi connectivity index (χ1v) is 24.1. The van der Waals surface area contributed by atoms with Gasteiger partial charge >= 0.3 is 19.8 Å². The molecule has 10 nitrogen and oxygen atoms in total. The minimum atomic E-state index is -4.61. The van der Waals surface area contributed by atoms with Crippen molar-refractivity contribution in [2.24, 2.45) is 0 Å². The highest BCUT2D eigenvalue weighted by atomic mass is 31.2. The van der Waals surface area contributed by atoms with Gasteiger partial charge in [0.1, 0.15) is 12.7 Å². The van der Waals surface area contributed by atoms with Crippen LogP contribution in [-0.4, -0.2) is 65.7 Å². The van der Waals surface area contributed by atoms with Crippen LogP contribution in [0.15, 0.2) is 12.2 Å². The van der Waals surface area contributed by atoms with Crippen molar-refractivity contribution in [3.05, 3.63) is 12.2 Å². The fourth-order valence-electron chi connectivity index (χ4n) is 6.40. The Balaban J connectivity index is 4.21. The molecule has 0 aliphatic carbocycles. The number of unbranched alkanes of at least 4 members (excludes halogenated alkanes) is 27. The number of hydrogen-bond donors (Lipinski definition) is 3. The molecule has 0 bridgehead atoms. The number of aliphatic hydroxyl groups is 2. The second-order valence-corrected chi connectivity index (χ2v) is 16.9. The van der Waals surface area contributed by atoms with Crippen LogP contribution in [0, 0.1) is 0 Å². The highest BCUT2D eigenvalue weighted by Gasteiger charge is 2.27. The Hall–Kier alpha value is -1.29. The maximum Gasteiger partial charge on any atom is 0.472 e. The van der Waals surface area contributed by atoms with Crippen LogP contribution in [0.5, 0.6) is 0 Å². The van der Waals surface area contributed by atoms with Crippen LogP contribution in [0.1, 0.15) is 219 Å². The molecule has 0 aromatic heterocycles. The zero-order valence-electron chi connectivity index (χ0n) is 35.4. The van der Waals surface area contributed by atoms with Crippen molar-refractivity contribution in [1.29, 1.82) is 0 Å². The average Bonchev–Trinajstić information content (AvgIpc) is 3.17. The maximum absolute atomic E-state index is 12.6. The SMILES string of the molecule is CCCCCCCC/C=C/CCCCCC(=O)O[C@@H](COC(=O)CCCCCCCCCCCCCCCCCCCCC)COP(=O)(O)OC[C@H](O)CO. The summed E-state index contributed by atoms with van der Waals surface area (Å²) in [4.78, 5) is 35.0. The van der Waals surface area contributed by atoms with Crippen LogP contribution in [-0.2, 0) is 32.7 Å². The van der Waals surface area contributed by atoms with E-state index in [0.717, 1.165) is 44.9 Å². The second-order valence-electron chi connectivity index (χ2n) is 15.4. The summed E-state index contributed by atoms with van der Waals surface area (Å²) in [6, 6.07) is 0. The lowest BCUT2D eigenvalue weighted by molar-refractivity contribution is -0.161. The fraction of sp³-hybridized carbons (Fsp3) is 0.909. The Bertz CT molecular complexity index is 930. The molecule has 0 spiro atoms. The molecule has 326 valence electrons. The number of phosphoric acid groups is 1. The first-order valence-electron chi connectivity index (χ1n) is 22.6. The number of allylic oxidation sites excluding steroid dienone is 2. The molecule has 0 radical (unpaired) electrons. The van der Waals surface area contributed by atoms with Crippen molar-refractivity contribution >= 4 is 19.8 Å². The number of esters is 2. The van der Waals surface area contributed by atoms with Crippen LogP contribution < -0.4 is 0 Å². The van der Waals surface area contributed by atoms with Crippen LogP contribution in [0.25, 0.3) is 0 Å². The minimum absolute atomic E-state index is 0.168. The molecule has 0 rings (SSSR count). The van der Waals surface area contributed by atoms with E-state index in [4.69, 9.17) is 19.1 Å². The van der Waals surface area contributed by atoms with E-state index in [-0.39, 0.29) is 19.4 Å². The third-order valence-corrected chi connectivity index (χ3v) is 10.9. The molecule has 3 atom stereocenters. The van der Waals surface area contributed by atoms with Crippen molar-refractivity contribution < 1.29 is 47.8 Å². The predicted molar refractivity (Wildman–Crippen MR) is 224 cm³/mol. The zero-order chi connectivity index (χ0) is 40.5. The Labute approximate surface area is 336 Å². The van der Waals surface area contributed by atoms with Crippen molar-refractivity contribution in [3.8, 4) is 0 Å². The lowest BCUT2D eigenvalue weighted by Crippen LogP contribution is -2.29. The number of aliphatic hydroxyl groups excluding tert-OH is 2. The molecule has 3 N–H and O–H groups in total. The van der Waals surface area contributed by atoms with Gasteiger partial charge in [-0.3, -0.25) is 18.6 Å². The topological polar surface area (TPSA) is 149 Å². The summed E-state index contributed by atoms with van der Waals surface area (Å²) in [5, 5.41) is 18.3. The summed E-state index contributed by atoms with van der Waals surface area (Å²) in [5.74, 6) is -0.932. The summed E-state index contributed by atoms with van der Waals surface area (Å²) in [6.45, 7) is 2.39. The minimum Gasteiger partial charge on any atom is -0.462 e. The van der Waals surface area contributed by atoms with Crippen LogP contribution in [0.4, 0.5) is 0 Å². The third-order valence-electron chi connectivity index (χ3n) is 9.92. The molecule has 0 heterocycles. The summed E-state index contributed by atoms with van der Waals surface area (Å²) in [6.07, 6.45) is 39.0.